The molecule has 1 aliphatic rings. The summed E-state index contributed by atoms with van der Waals surface area (Å²) >= 11 is 1.66. The van der Waals surface area contributed by atoms with Crippen LogP contribution in [0.25, 0.3) is 11.2 Å². The Kier molecular flexibility index (Phi) is 3.31. The summed E-state index contributed by atoms with van der Waals surface area (Å²) < 4.78 is 7.83. The highest BCUT2D eigenvalue weighted by atomic mass is 32.1. The van der Waals surface area contributed by atoms with Crippen LogP contribution in [0.1, 0.15) is 16.8 Å². The van der Waals surface area contributed by atoms with Crippen LogP contribution in [0, 0.1) is 6.92 Å². The number of rotatable bonds is 2. The summed E-state index contributed by atoms with van der Waals surface area (Å²) in [5.41, 5.74) is 2.88. The fourth-order valence-electron chi connectivity index (χ4n) is 2.70. The van der Waals surface area contributed by atoms with E-state index in [0.29, 0.717) is 6.61 Å². The van der Waals surface area contributed by atoms with Crippen molar-refractivity contribution >= 4 is 28.3 Å². The second-order valence-electron chi connectivity index (χ2n) is 5.50. The number of hydrogen-bond donors (Lipinski definition) is 0. The first-order valence-corrected chi connectivity index (χ1v) is 8.15. The van der Waals surface area contributed by atoms with Gasteiger partial charge in [0, 0.05) is 24.7 Å². The maximum absolute atomic E-state index is 5.89. The van der Waals surface area contributed by atoms with Gasteiger partial charge < -0.3 is 14.2 Å². The van der Waals surface area contributed by atoms with Gasteiger partial charge in [0.15, 0.2) is 5.65 Å². The van der Waals surface area contributed by atoms with Gasteiger partial charge in [-0.05, 0) is 19.1 Å². The smallest absolute Gasteiger partial charge is 0.161 e. The second-order valence-corrected chi connectivity index (χ2v) is 6.39. The number of aryl methyl sites for hydroxylation is 2. The van der Waals surface area contributed by atoms with E-state index in [1.54, 1.807) is 17.7 Å². The van der Waals surface area contributed by atoms with E-state index >= 15 is 0 Å². The molecule has 7 heteroatoms. The summed E-state index contributed by atoms with van der Waals surface area (Å²) in [5, 5.41) is 3.11. The number of ether oxygens (including phenoxy) is 1. The van der Waals surface area contributed by atoms with Crippen LogP contribution in [-0.4, -0.2) is 39.2 Å². The zero-order valence-corrected chi connectivity index (χ0v) is 13.4. The van der Waals surface area contributed by atoms with Gasteiger partial charge in [0.2, 0.25) is 0 Å². The van der Waals surface area contributed by atoms with E-state index in [4.69, 9.17) is 9.72 Å². The molecule has 3 aromatic rings. The number of hydrogen-bond acceptors (Lipinski definition) is 6. The molecule has 3 aromatic heterocycles. The Balaban J connectivity index is 1.61. The van der Waals surface area contributed by atoms with Gasteiger partial charge in [0.05, 0.1) is 19.5 Å². The van der Waals surface area contributed by atoms with Crippen LogP contribution < -0.4 is 4.90 Å². The van der Waals surface area contributed by atoms with Crippen LogP contribution in [0.2, 0.25) is 0 Å². The van der Waals surface area contributed by atoms with Crippen LogP contribution in [0.15, 0.2) is 23.8 Å². The molecule has 0 spiro atoms. The first-order chi connectivity index (χ1) is 10.7. The maximum Gasteiger partial charge on any atom is 0.161 e. The molecule has 1 unspecified atom stereocenters. The molecular weight excluding hydrogens is 298 g/mol. The fraction of sp³-hybridized carbons (Fsp3) is 0.400. The van der Waals surface area contributed by atoms with Crippen molar-refractivity contribution in [3.63, 3.8) is 0 Å². The van der Waals surface area contributed by atoms with E-state index in [1.807, 2.05) is 30.7 Å². The molecule has 0 N–H and O–H groups in total. The number of aromatic nitrogens is 4. The van der Waals surface area contributed by atoms with Crippen molar-refractivity contribution in [2.45, 2.75) is 13.0 Å². The summed E-state index contributed by atoms with van der Waals surface area (Å²) in [6, 6.07) is 4.06. The van der Waals surface area contributed by atoms with Crippen LogP contribution >= 0.6 is 11.3 Å². The van der Waals surface area contributed by atoms with Gasteiger partial charge in [0.25, 0.3) is 0 Å². The van der Waals surface area contributed by atoms with Crippen molar-refractivity contribution in [2.24, 2.45) is 7.05 Å². The summed E-state index contributed by atoms with van der Waals surface area (Å²) in [6.45, 7) is 4.33. The quantitative estimate of drug-likeness (QED) is 0.726. The number of fused-ring (bicyclic) bond motifs is 1. The minimum Gasteiger partial charge on any atom is -0.367 e. The van der Waals surface area contributed by atoms with Gasteiger partial charge in [-0.3, -0.25) is 0 Å². The third kappa shape index (κ3) is 2.36. The molecule has 22 heavy (non-hydrogen) atoms. The van der Waals surface area contributed by atoms with E-state index in [0.717, 1.165) is 40.8 Å². The van der Waals surface area contributed by atoms with Crippen molar-refractivity contribution in [1.82, 2.24) is 19.5 Å². The summed E-state index contributed by atoms with van der Waals surface area (Å²) in [5.74, 6) is 0.970. The average molecular weight is 315 g/mol. The van der Waals surface area contributed by atoms with Crippen molar-refractivity contribution in [3.05, 3.63) is 34.5 Å². The van der Waals surface area contributed by atoms with E-state index in [9.17, 15) is 0 Å². The number of morpholine rings is 1. The molecule has 114 valence electrons. The Bertz CT molecular complexity index is 811. The maximum atomic E-state index is 5.89. The molecule has 0 aromatic carbocycles. The lowest BCUT2D eigenvalue weighted by Gasteiger charge is -2.32. The zero-order valence-electron chi connectivity index (χ0n) is 12.6. The highest BCUT2D eigenvalue weighted by Gasteiger charge is 2.25. The Morgan fingerprint density at radius 1 is 1.32 bits per heavy atom. The fourth-order valence-corrected chi connectivity index (χ4v) is 3.53. The lowest BCUT2D eigenvalue weighted by molar-refractivity contribution is 0.0393. The average Bonchev–Trinajstić information content (AvgIpc) is 3.14. The van der Waals surface area contributed by atoms with Gasteiger partial charge >= 0.3 is 0 Å². The summed E-state index contributed by atoms with van der Waals surface area (Å²) in [4.78, 5) is 15.9. The number of imidazole rings is 1. The Labute approximate surface area is 132 Å². The number of pyridine rings is 1. The lowest BCUT2D eigenvalue weighted by atomic mass is 10.2. The van der Waals surface area contributed by atoms with Gasteiger partial charge in [-0.15, -0.1) is 11.3 Å². The molecule has 4 heterocycles. The van der Waals surface area contributed by atoms with Crippen LogP contribution in [0.3, 0.4) is 0 Å². The molecule has 0 radical (unpaired) electrons. The standard InChI is InChI=1S/C15H17N5OS/c1-10-8-22-15(17-10)12-7-20(5-6-21-12)13-4-3-11-14(18-13)19(2)9-16-11/h3-4,8-9,12H,5-7H2,1-2H3. The molecular formula is C15H17N5OS. The van der Waals surface area contributed by atoms with Gasteiger partial charge in [-0.25, -0.2) is 15.0 Å². The molecule has 4 rings (SSSR count). The molecule has 0 aliphatic carbocycles. The Morgan fingerprint density at radius 3 is 3.05 bits per heavy atom. The van der Waals surface area contributed by atoms with Crippen molar-refractivity contribution in [1.29, 1.82) is 0 Å². The van der Waals surface area contributed by atoms with Crippen LogP contribution in [-0.2, 0) is 11.8 Å². The SMILES string of the molecule is Cc1csc(C2CN(c3ccc4ncn(C)c4n3)CCO2)n1. The minimum atomic E-state index is 0.0245. The predicted octanol–water partition coefficient (Wildman–Crippen LogP) is 2.31. The topological polar surface area (TPSA) is 56.1 Å². The van der Waals surface area contributed by atoms with Crippen LogP contribution in [0.5, 0.6) is 0 Å². The first-order valence-electron chi connectivity index (χ1n) is 7.27. The lowest BCUT2D eigenvalue weighted by Crippen LogP contribution is -2.38. The van der Waals surface area contributed by atoms with Gasteiger partial charge in [0.1, 0.15) is 22.4 Å². The van der Waals surface area contributed by atoms with Crippen molar-refractivity contribution in [2.75, 3.05) is 24.6 Å². The number of thiazole rings is 1. The van der Waals surface area contributed by atoms with E-state index in [2.05, 4.69) is 20.2 Å². The number of nitrogens with zero attached hydrogens (tertiary/aromatic N) is 5. The van der Waals surface area contributed by atoms with E-state index in [1.165, 1.54) is 0 Å². The molecule has 6 nitrogen and oxygen atoms in total. The van der Waals surface area contributed by atoms with Gasteiger partial charge in [-0.1, -0.05) is 0 Å². The molecule has 1 fully saturated rings. The molecule has 1 aliphatic heterocycles. The largest absolute Gasteiger partial charge is 0.367 e. The molecule has 0 saturated carbocycles. The van der Waals surface area contributed by atoms with Crippen molar-refractivity contribution < 1.29 is 4.74 Å². The highest BCUT2D eigenvalue weighted by molar-refractivity contribution is 7.09. The molecule has 0 bridgehead atoms. The Morgan fingerprint density at radius 2 is 2.23 bits per heavy atom. The zero-order chi connectivity index (χ0) is 15.1. The molecule has 0 amide bonds. The first kappa shape index (κ1) is 13.7. The normalized spacial score (nSPS) is 19.0. The van der Waals surface area contributed by atoms with Gasteiger partial charge in [-0.2, -0.15) is 0 Å². The highest BCUT2D eigenvalue weighted by Crippen LogP contribution is 2.28. The molecule has 1 saturated heterocycles. The van der Waals surface area contributed by atoms with E-state index < -0.39 is 0 Å². The summed E-state index contributed by atoms with van der Waals surface area (Å²) in [6.07, 6.45) is 1.82. The Hall–Kier alpha value is -1.99. The monoisotopic (exact) mass is 315 g/mol. The van der Waals surface area contributed by atoms with Crippen molar-refractivity contribution in [3.8, 4) is 0 Å². The molecule has 1 atom stereocenters. The third-order valence-corrected chi connectivity index (χ3v) is 4.90. The van der Waals surface area contributed by atoms with Crippen LogP contribution in [0.4, 0.5) is 5.82 Å². The predicted molar refractivity (Wildman–Crippen MR) is 86.3 cm³/mol. The van der Waals surface area contributed by atoms with E-state index in [-0.39, 0.29) is 6.10 Å². The second kappa shape index (κ2) is 5.33. The number of anilines is 1. The third-order valence-electron chi connectivity index (χ3n) is 3.85. The summed E-state index contributed by atoms with van der Waals surface area (Å²) in [7, 11) is 1.96. The minimum absolute atomic E-state index is 0.0245.